The Hall–Kier alpha value is -3.34. The average Bonchev–Trinajstić information content (AvgIpc) is 3.07. The number of fused-ring (bicyclic) bond motifs is 2. The zero-order valence-electron chi connectivity index (χ0n) is 16.5. The molecule has 0 radical (unpaired) electrons. The van der Waals surface area contributed by atoms with Crippen molar-refractivity contribution in [1.29, 1.82) is 0 Å². The Morgan fingerprint density at radius 1 is 1.03 bits per heavy atom. The van der Waals surface area contributed by atoms with Crippen LogP contribution in [0.25, 0.3) is 10.8 Å². The van der Waals surface area contributed by atoms with Gasteiger partial charge in [0, 0.05) is 11.7 Å². The highest BCUT2D eigenvalue weighted by Crippen LogP contribution is 2.32. The first-order valence-corrected chi connectivity index (χ1v) is 9.75. The van der Waals surface area contributed by atoms with Gasteiger partial charge in [-0.1, -0.05) is 48.5 Å². The summed E-state index contributed by atoms with van der Waals surface area (Å²) in [6.45, 7) is 3.35. The Morgan fingerprint density at radius 2 is 1.76 bits per heavy atom. The number of para-hydroxylation sites is 1. The van der Waals surface area contributed by atoms with Crippen molar-refractivity contribution in [3.63, 3.8) is 0 Å². The van der Waals surface area contributed by atoms with Crippen LogP contribution in [0.5, 0.6) is 5.75 Å². The van der Waals surface area contributed by atoms with Crippen LogP contribution in [0.15, 0.2) is 66.7 Å². The monoisotopic (exact) mass is 389 g/mol. The molecule has 0 saturated carbocycles. The summed E-state index contributed by atoms with van der Waals surface area (Å²) in [6, 6.07) is 21.4. The molecule has 1 heterocycles. The van der Waals surface area contributed by atoms with Crippen molar-refractivity contribution >= 4 is 28.3 Å². The van der Waals surface area contributed by atoms with E-state index in [1.807, 2.05) is 73.7 Å². The zero-order valence-corrected chi connectivity index (χ0v) is 16.5. The fourth-order valence-electron chi connectivity index (χ4n) is 3.78. The van der Waals surface area contributed by atoms with Gasteiger partial charge in [0.2, 0.25) is 0 Å². The summed E-state index contributed by atoms with van der Waals surface area (Å²) >= 11 is 0. The van der Waals surface area contributed by atoms with Gasteiger partial charge in [-0.25, -0.2) is 4.79 Å². The topological polar surface area (TPSA) is 55.8 Å². The molecule has 0 spiro atoms. The van der Waals surface area contributed by atoms with Crippen LogP contribution in [0, 0.1) is 0 Å². The molecular formula is C24H23NO4. The molecule has 0 fully saturated rings. The van der Waals surface area contributed by atoms with E-state index in [1.54, 1.807) is 11.8 Å². The number of nitrogens with zero attached hydrogens (tertiary/aromatic N) is 1. The lowest BCUT2D eigenvalue weighted by molar-refractivity contribution is -0.155. The molecule has 5 nitrogen and oxygen atoms in total. The third-order valence-corrected chi connectivity index (χ3v) is 5.18. The van der Waals surface area contributed by atoms with Crippen molar-refractivity contribution < 1.29 is 19.1 Å². The van der Waals surface area contributed by atoms with Gasteiger partial charge in [0.15, 0.2) is 12.7 Å². The maximum Gasteiger partial charge on any atom is 0.344 e. The number of anilines is 1. The van der Waals surface area contributed by atoms with Crippen molar-refractivity contribution in [1.82, 2.24) is 0 Å². The fraction of sp³-hybridized carbons (Fsp3) is 0.250. The van der Waals surface area contributed by atoms with Crippen LogP contribution in [0.1, 0.15) is 19.4 Å². The highest BCUT2D eigenvalue weighted by molar-refractivity contribution is 5.99. The maximum atomic E-state index is 12.9. The molecule has 148 valence electrons. The second-order valence-corrected chi connectivity index (χ2v) is 7.32. The predicted octanol–water partition coefficient (Wildman–Crippen LogP) is 4.13. The minimum Gasteiger partial charge on any atom is -0.482 e. The lowest BCUT2D eigenvalue weighted by Crippen LogP contribution is -2.43. The van der Waals surface area contributed by atoms with Crippen molar-refractivity contribution in [2.24, 2.45) is 0 Å². The van der Waals surface area contributed by atoms with Crippen LogP contribution < -0.4 is 9.64 Å². The van der Waals surface area contributed by atoms with E-state index >= 15 is 0 Å². The van der Waals surface area contributed by atoms with Crippen LogP contribution >= 0.6 is 0 Å². The predicted molar refractivity (Wildman–Crippen MR) is 112 cm³/mol. The molecule has 3 aromatic rings. The highest BCUT2D eigenvalue weighted by Gasteiger charge is 2.34. The standard InChI is InChI=1S/C24H23NO4/c1-16-13-20-9-5-6-10-22(20)25(16)24(27)17(2)29-23(26)15-28-21-12-11-18-7-3-4-8-19(18)14-21/h3-12,14,16-17H,13,15H2,1-2H3/t16-,17-/m1/s1. The van der Waals surface area contributed by atoms with E-state index in [0.717, 1.165) is 28.4 Å². The SMILES string of the molecule is C[C@@H]1Cc2ccccc2N1C(=O)[C@@H](C)OC(=O)COc1ccc2ccccc2c1. The molecule has 2 atom stereocenters. The molecule has 29 heavy (non-hydrogen) atoms. The number of hydrogen-bond acceptors (Lipinski definition) is 4. The molecule has 1 aliphatic rings. The summed E-state index contributed by atoms with van der Waals surface area (Å²) < 4.78 is 10.9. The smallest absolute Gasteiger partial charge is 0.344 e. The number of esters is 1. The molecule has 0 saturated heterocycles. The van der Waals surface area contributed by atoms with E-state index in [2.05, 4.69) is 0 Å². The largest absolute Gasteiger partial charge is 0.482 e. The second kappa shape index (κ2) is 7.95. The van der Waals surface area contributed by atoms with Gasteiger partial charge in [0.05, 0.1) is 0 Å². The molecule has 0 aliphatic carbocycles. The number of hydrogen-bond donors (Lipinski definition) is 0. The minimum atomic E-state index is -0.878. The van der Waals surface area contributed by atoms with Gasteiger partial charge >= 0.3 is 5.97 Å². The second-order valence-electron chi connectivity index (χ2n) is 7.32. The van der Waals surface area contributed by atoms with Gasteiger partial charge in [-0.15, -0.1) is 0 Å². The van der Waals surface area contributed by atoms with Gasteiger partial charge in [0.1, 0.15) is 5.75 Å². The van der Waals surface area contributed by atoms with Crippen molar-refractivity contribution in [3.8, 4) is 5.75 Å². The summed E-state index contributed by atoms with van der Waals surface area (Å²) in [5, 5.41) is 2.13. The van der Waals surface area contributed by atoms with Crippen LogP contribution in [-0.2, 0) is 20.7 Å². The van der Waals surface area contributed by atoms with Gasteiger partial charge < -0.3 is 14.4 Å². The average molecular weight is 389 g/mol. The number of carbonyl (C=O) groups is 2. The number of carbonyl (C=O) groups excluding carboxylic acids is 2. The molecule has 1 aliphatic heterocycles. The molecule has 0 N–H and O–H groups in total. The van der Waals surface area contributed by atoms with E-state index in [1.165, 1.54) is 0 Å². The van der Waals surface area contributed by atoms with Crippen molar-refractivity contribution in [2.45, 2.75) is 32.4 Å². The van der Waals surface area contributed by atoms with E-state index in [-0.39, 0.29) is 18.6 Å². The lowest BCUT2D eigenvalue weighted by Gasteiger charge is -2.25. The van der Waals surface area contributed by atoms with Crippen LogP contribution in [-0.4, -0.2) is 30.6 Å². The highest BCUT2D eigenvalue weighted by atomic mass is 16.6. The number of amides is 1. The minimum absolute atomic E-state index is 0.0369. The first-order chi connectivity index (χ1) is 14.0. The van der Waals surface area contributed by atoms with E-state index in [4.69, 9.17) is 9.47 Å². The molecule has 1 amide bonds. The third kappa shape index (κ3) is 3.94. The van der Waals surface area contributed by atoms with Crippen LogP contribution in [0.4, 0.5) is 5.69 Å². The Kier molecular flexibility index (Phi) is 5.21. The number of ether oxygens (including phenoxy) is 2. The molecular weight excluding hydrogens is 366 g/mol. The summed E-state index contributed by atoms with van der Waals surface area (Å²) in [4.78, 5) is 26.8. The summed E-state index contributed by atoms with van der Waals surface area (Å²) in [6.07, 6.45) is -0.0792. The Labute approximate surface area is 169 Å². The quantitative estimate of drug-likeness (QED) is 0.616. The molecule has 0 aromatic heterocycles. The lowest BCUT2D eigenvalue weighted by atomic mass is 10.1. The summed E-state index contributed by atoms with van der Waals surface area (Å²) in [7, 11) is 0. The van der Waals surface area contributed by atoms with E-state index in [0.29, 0.717) is 5.75 Å². The first kappa shape index (κ1) is 19.0. The zero-order chi connectivity index (χ0) is 20.4. The van der Waals surface area contributed by atoms with Crippen molar-refractivity contribution in [2.75, 3.05) is 11.5 Å². The molecule has 0 unspecified atom stereocenters. The molecule has 4 rings (SSSR count). The Bertz CT molecular complexity index is 1060. The van der Waals surface area contributed by atoms with Gasteiger partial charge in [-0.3, -0.25) is 4.79 Å². The van der Waals surface area contributed by atoms with Crippen LogP contribution in [0.2, 0.25) is 0 Å². The van der Waals surface area contributed by atoms with Crippen molar-refractivity contribution in [3.05, 3.63) is 72.3 Å². The normalized spacial score (nSPS) is 16.3. The fourth-order valence-corrected chi connectivity index (χ4v) is 3.78. The van der Waals surface area contributed by atoms with E-state index < -0.39 is 12.1 Å². The van der Waals surface area contributed by atoms with Gasteiger partial charge in [0.25, 0.3) is 5.91 Å². The Balaban J connectivity index is 1.36. The van der Waals surface area contributed by atoms with Gasteiger partial charge in [-0.2, -0.15) is 0 Å². The number of benzene rings is 3. The number of rotatable bonds is 5. The van der Waals surface area contributed by atoms with E-state index in [9.17, 15) is 9.59 Å². The molecule has 3 aromatic carbocycles. The summed E-state index contributed by atoms with van der Waals surface area (Å²) in [5.41, 5.74) is 2.02. The first-order valence-electron chi connectivity index (χ1n) is 9.75. The maximum absolute atomic E-state index is 12.9. The Morgan fingerprint density at radius 3 is 2.59 bits per heavy atom. The third-order valence-electron chi connectivity index (χ3n) is 5.18. The summed E-state index contributed by atoms with van der Waals surface area (Å²) in [5.74, 6) is -0.206. The molecule has 5 heteroatoms. The van der Waals surface area contributed by atoms with Gasteiger partial charge in [-0.05, 0) is 54.8 Å². The molecule has 0 bridgehead atoms. The van der Waals surface area contributed by atoms with Crippen LogP contribution in [0.3, 0.4) is 0 Å².